The highest BCUT2D eigenvalue weighted by atomic mass is 16.7. The molecule has 0 aromatic rings. The minimum atomic E-state index is -1.52. The van der Waals surface area contributed by atoms with Crippen molar-refractivity contribution in [2.24, 2.45) is 0 Å². The molecule has 2 atom stereocenters. The van der Waals surface area contributed by atoms with Gasteiger partial charge in [0.05, 0.1) is 34.4 Å². The van der Waals surface area contributed by atoms with Crippen LogP contribution in [-0.4, -0.2) is 87.4 Å². The zero-order valence-corrected chi connectivity index (χ0v) is 59.7. The van der Waals surface area contributed by atoms with E-state index in [4.69, 9.17) is 18.9 Å². The lowest BCUT2D eigenvalue weighted by Gasteiger charge is -2.25. The lowest BCUT2D eigenvalue weighted by Crippen LogP contribution is -2.40. The van der Waals surface area contributed by atoms with Crippen LogP contribution in [-0.2, 0) is 33.3 Å². The van der Waals surface area contributed by atoms with E-state index in [-0.39, 0.29) is 32.2 Å². The van der Waals surface area contributed by atoms with E-state index >= 15 is 0 Å². The van der Waals surface area contributed by atoms with E-state index in [1.165, 1.54) is 193 Å². The Hall–Kier alpha value is -4.31. The molecule has 0 amide bonds. The number of hydrogen-bond donors (Lipinski definition) is 1. The summed E-state index contributed by atoms with van der Waals surface area (Å²) in [6.07, 6.45) is 99.0. The van der Waals surface area contributed by atoms with Crippen LogP contribution in [0.2, 0.25) is 0 Å². The van der Waals surface area contributed by atoms with Gasteiger partial charge in [0, 0.05) is 12.8 Å². The summed E-state index contributed by atoms with van der Waals surface area (Å²) in [7, 11) is 5.98. The maximum atomic E-state index is 13.0. The number of carboxylic acid groups (broad SMARTS) is 1. The van der Waals surface area contributed by atoms with E-state index in [9.17, 15) is 19.5 Å². The molecule has 9 nitrogen and oxygen atoms in total. The Morgan fingerprint density at radius 1 is 0.330 bits per heavy atom. The maximum Gasteiger partial charge on any atom is 0.361 e. The zero-order chi connectivity index (χ0) is 66.1. The Morgan fingerprint density at radius 2 is 0.593 bits per heavy atom. The van der Waals surface area contributed by atoms with Crippen LogP contribution in [0.4, 0.5) is 0 Å². The van der Waals surface area contributed by atoms with Gasteiger partial charge in [-0.2, -0.15) is 0 Å². The second-order valence-electron chi connectivity index (χ2n) is 26.2. The number of likely N-dealkylation sites (N-methyl/N-ethyl adjacent to an activating group) is 1. The van der Waals surface area contributed by atoms with Crippen LogP contribution in [0.3, 0.4) is 0 Å². The third kappa shape index (κ3) is 73.0. The van der Waals surface area contributed by atoms with E-state index in [0.717, 1.165) is 103 Å². The number of quaternary nitrogens is 1. The molecular formula is C82H142NO8+. The van der Waals surface area contributed by atoms with E-state index < -0.39 is 24.3 Å². The first kappa shape index (κ1) is 86.7. The van der Waals surface area contributed by atoms with Crippen molar-refractivity contribution >= 4 is 17.9 Å². The summed E-state index contributed by atoms with van der Waals surface area (Å²) in [6.45, 7) is 4.68. The van der Waals surface area contributed by atoms with Gasteiger partial charge >= 0.3 is 17.9 Å². The average Bonchev–Trinajstić information content (AvgIpc) is 3.46. The lowest BCUT2D eigenvalue weighted by atomic mass is 10.0. The van der Waals surface area contributed by atoms with Crippen molar-refractivity contribution in [3.8, 4) is 0 Å². The minimum absolute atomic E-state index is 0.184. The lowest BCUT2D eigenvalue weighted by molar-refractivity contribution is -0.870. The van der Waals surface area contributed by atoms with Crippen molar-refractivity contribution in [1.82, 2.24) is 0 Å². The summed E-state index contributed by atoms with van der Waals surface area (Å²) in [5, 5.41) is 9.77. The summed E-state index contributed by atoms with van der Waals surface area (Å²) < 4.78 is 23.0. The van der Waals surface area contributed by atoms with Crippen LogP contribution < -0.4 is 0 Å². The number of carbonyl (C=O) groups excluding carboxylic acids is 2. The quantitative estimate of drug-likeness (QED) is 0.0211. The number of aliphatic carboxylic acids is 1. The first-order chi connectivity index (χ1) is 44.6. The van der Waals surface area contributed by atoms with E-state index in [2.05, 4.69) is 135 Å². The molecule has 0 saturated heterocycles. The molecule has 0 rings (SSSR count). The standard InChI is InChI=1S/C82H141NO8/c1-6-8-10-12-14-16-18-20-22-24-26-28-30-32-34-36-38-39-40-41-43-45-47-49-51-53-55-57-59-61-63-65-67-69-71-73-80(85)91-78(77-90-82(81(86)87)88-75-74-83(3,4)5)76-89-79(84)72-70-68-66-64-62-60-58-56-54-52-50-48-46-44-42-37-35-33-31-29-27-25-23-21-19-17-15-13-11-9-7-2/h8-11,14-17,20-23,26-29,32-35,78,82H,6-7,12-13,18-19,24-25,30-31,36-77H2,1-5H3/p+1/b10-8-,11-9-,16-14-,17-15-,22-20-,23-21-,28-26-,29-27-,34-32-,35-33-. The van der Waals surface area contributed by atoms with Crippen molar-refractivity contribution in [3.05, 3.63) is 122 Å². The molecule has 0 aliphatic rings. The first-order valence-corrected chi connectivity index (χ1v) is 37.7. The molecule has 1 N–H and O–H groups in total. The third-order valence-electron chi connectivity index (χ3n) is 16.2. The van der Waals surface area contributed by atoms with Crippen LogP contribution in [0.25, 0.3) is 0 Å². The molecule has 91 heavy (non-hydrogen) atoms. The largest absolute Gasteiger partial charge is 0.477 e. The SMILES string of the molecule is CC/C=C\C/C=C\C/C=C\C/C=C\C/C=C\CCCCCCCCCCCCCCCCCCCCCC(=O)OC(COC(=O)CCCCCCCCCCCCCCCCC/C=C\C/C=C\C/C=C\C/C=C\C/C=C\CC)COC(OCC[N+](C)(C)C)C(=O)O. The molecule has 0 fully saturated rings. The zero-order valence-electron chi connectivity index (χ0n) is 59.7. The van der Waals surface area contributed by atoms with Gasteiger partial charge in [-0.05, 0) is 103 Å². The number of carbonyl (C=O) groups is 3. The predicted molar refractivity (Wildman–Crippen MR) is 391 cm³/mol. The maximum absolute atomic E-state index is 13.0. The number of esters is 2. The number of rotatable bonds is 69. The van der Waals surface area contributed by atoms with Crippen molar-refractivity contribution < 1.29 is 42.9 Å². The van der Waals surface area contributed by atoms with Gasteiger partial charge in [-0.25, -0.2) is 4.79 Å². The number of unbranched alkanes of at least 4 members (excludes halogenated alkanes) is 34. The summed E-state index contributed by atoms with van der Waals surface area (Å²) in [5.74, 6) is -1.99. The van der Waals surface area contributed by atoms with E-state index in [0.29, 0.717) is 17.4 Å². The molecular weight excluding hydrogens is 1130 g/mol. The number of hydrogen-bond acceptors (Lipinski definition) is 7. The van der Waals surface area contributed by atoms with Crippen molar-refractivity contribution in [3.63, 3.8) is 0 Å². The molecule has 0 saturated carbocycles. The van der Waals surface area contributed by atoms with Crippen molar-refractivity contribution in [1.29, 1.82) is 0 Å². The molecule has 0 aromatic carbocycles. The molecule has 0 aromatic heterocycles. The van der Waals surface area contributed by atoms with Crippen molar-refractivity contribution in [2.45, 2.75) is 334 Å². The van der Waals surface area contributed by atoms with Crippen LogP contribution in [0.15, 0.2) is 122 Å². The number of ether oxygens (including phenoxy) is 4. The van der Waals surface area contributed by atoms with E-state index in [1.54, 1.807) is 0 Å². The fourth-order valence-corrected chi connectivity index (χ4v) is 10.5. The van der Waals surface area contributed by atoms with Gasteiger partial charge in [-0.15, -0.1) is 0 Å². The monoisotopic (exact) mass is 1270 g/mol. The fraction of sp³-hybridized carbons (Fsp3) is 0.720. The van der Waals surface area contributed by atoms with Crippen LogP contribution >= 0.6 is 0 Å². The minimum Gasteiger partial charge on any atom is -0.477 e. The molecule has 522 valence electrons. The van der Waals surface area contributed by atoms with Crippen molar-refractivity contribution in [2.75, 3.05) is 47.5 Å². The van der Waals surface area contributed by atoms with E-state index in [1.807, 2.05) is 21.1 Å². The molecule has 0 heterocycles. The molecule has 0 aliphatic heterocycles. The molecule has 0 spiro atoms. The van der Waals surface area contributed by atoms with Gasteiger partial charge in [-0.1, -0.05) is 328 Å². The van der Waals surface area contributed by atoms with Gasteiger partial charge in [0.15, 0.2) is 6.10 Å². The number of carboxylic acids is 1. The second kappa shape index (κ2) is 71.5. The fourth-order valence-electron chi connectivity index (χ4n) is 10.5. The van der Waals surface area contributed by atoms with Crippen LogP contribution in [0.1, 0.15) is 322 Å². The highest BCUT2D eigenvalue weighted by Crippen LogP contribution is 2.18. The van der Waals surface area contributed by atoms with Gasteiger partial charge in [-0.3, -0.25) is 9.59 Å². The molecule has 0 radical (unpaired) electrons. The first-order valence-electron chi connectivity index (χ1n) is 37.7. The summed E-state index contributed by atoms with van der Waals surface area (Å²) in [6, 6.07) is 0. The van der Waals surface area contributed by atoms with Gasteiger partial charge in [0.1, 0.15) is 13.2 Å². The highest BCUT2D eigenvalue weighted by Gasteiger charge is 2.25. The van der Waals surface area contributed by atoms with Gasteiger partial charge in [0.2, 0.25) is 0 Å². The number of allylic oxidation sites excluding steroid dienone is 20. The second-order valence-corrected chi connectivity index (χ2v) is 26.2. The molecule has 9 heteroatoms. The highest BCUT2D eigenvalue weighted by molar-refractivity contribution is 5.71. The summed E-state index contributed by atoms with van der Waals surface area (Å²) >= 11 is 0. The van der Waals surface area contributed by atoms with Gasteiger partial charge < -0.3 is 28.5 Å². The van der Waals surface area contributed by atoms with Crippen LogP contribution in [0, 0.1) is 0 Å². The Kier molecular flexibility index (Phi) is 68.1. The van der Waals surface area contributed by atoms with Crippen LogP contribution in [0.5, 0.6) is 0 Å². The summed E-state index contributed by atoms with van der Waals surface area (Å²) in [4.78, 5) is 37.7. The Labute approximate surface area is 561 Å². The predicted octanol–water partition coefficient (Wildman–Crippen LogP) is 23.9. The smallest absolute Gasteiger partial charge is 0.361 e. The topological polar surface area (TPSA) is 108 Å². The Bertz CT molecular complexity index is 1910. The number of nitrogens with zero attached hydrogens (tertiary/aromatic N) is 1. The normalized spacial score (nSPS) is 13.4. The Balaban J connectivity index is 4.05. The van der Waals surface area contributed by atoms with Gasteiger partial charge in [0.25, 0.3) is 6.29 Å². The molecule has 0 aliphatic carbocycles. The molecule has 2 unspecified atom stereocenters. The third-order valence-corrected chi connectivity index (χ3v) is 16.2. The average molecular weight is 1270 g/mol. The Morgan fingerprint density at radius 3 is 0.879 bits per heavy atom. The summed E-state index contributed by atoms with van der Waals surface area (Å²) in [5.41, 5.74) is 0. The molecule has 0 bridgehead atoms.